The smallest absolute Gasteiger partial charge is 0.389 e. The topological polar surface area (TPSA) is 26.3 Å². The molecule has 0 amide bonds. The van der Waals surface area contributed by atoms with Crippen LogP contribution in [0.15, 0.2) is 12.2 Å². The summed E-state index contributed by atoms with van der Waals surface area (Å²) in [6.07, 6.45) is -0.625. The third-order valence-electron chi connectivity index (χ3n) is 2.44. The van der Waals surface area contributed by atoms with Crippen LogP contribution in [0.1, 0.15) is 51.9 Å². The average Bonchev–Trinajstić information content (AvgIpc) is 2.24. The Hall–Kier alpha value is -1.00. The number of hydrogen-bond donors (Lipinski definition) is 0. The van der Waals surface area contributed by atoms with Crippen molar-refractivity contribution in [3.63, 3.8) is 0 Å². The van der Waals surface area contributed by atoms with E-state index in [9.17, 15) is 18.0 Å². The Bertz CT molecular complexity index is 259. The average molecular weight is 266 g/mol. The summed E-state index contributed by atoms with van der Waals surface area (Å²) in [4.78, 5) is 11.0. The minimum atomic E-state index is -4.03. The van der Waals surface area contributed by atoms with E-state index in [0.29, 0.717) is 18.6 Å². The Morgan fingerprint density at radius 3 is 2.06 bits per heavy atom. The highest BCUT2D eigenvalue weighted by Gasteiger charge is 2.25. The lowest BCUT2D eigenvalue weighted by Crippen LogP contribution is -2.06. The molecule has 0 N–H and O–H groups in total. The van der Waals surface area contributed by atoms with Crippen LogP contribution in [-0.4, -0.2) is 18.8 Å². The minimum absolute atomic E-state index is 0.203. The highest BCUT2D eigenvalue weighted by molar-refractivity contribution is 5.86. The number of esters is 1. The number of ether oxygens (including phenoxy) is 1. The van der Waals surface area contributed by atoms with E-state index in [2.05, 4.69) is 6.58 Å². The first-order valence-electron chi connectivity index (χ1n) is 6.22. The SMILES string of the molecule is C=C(C)C(=O)OCCCCCCCCC(F)(F)F. The summed E-state index contributed by atoms with van der Waals surface area (Å²) < 4.78 is 40.3. The summed E-state index contributed by atoms with van der Waals surface area (Å²) in [6.45, 7) is 5.40. The van der Waals surface area contributed by atoms with Crippen LogP contribution >= 0.6 is 0 Å². The lowest BCUT2D eigenvalue weighted by Gasteiger charge is -2.06. The van der Waals surface area contributed by atoms with Gasteiger partial charge in [-0.05, 0) is 19.8 Å². The maximum Gasteiger partial charge on any atom is 0.389 e. The highest BCUT2D eigenvalue weighted by Crippen LogP contribution is 2.23. The molecule has 0 aliphatic heterocycles. The van der Waals surface area contributed by atoms with Crippen LogP contribution in [0.25, 0.3) is 0 Å². The van der Waals surface area contributed by atoms with Crippen LogP contribution in [0.5, 0.6) is 0 Å². The second-order valence-electron chi connectivity index (χ2n) is 4.40. The molecule has 0 aromatic rings. The molecular formula is C13H21F3O2. The maximum atomic E-state index is 11.8. The van der Waals surface area contributed by atoms with Gasteiger partial charge in [0.25, 0.3) is 0 Å². The molecule has 0 aliphatic rings. The van der Waals surface area contributed by atoms with Crippen molar-refractivity contribution in [1.29, 1.82) is 0 Å². The Labute approximate surface area is 106 Å². The van der Waals surface area contributed by atoms with E-state index in [4.69, 9.17) is 4.74 Å². The zero-order valence-electron chi connectivity index (χ0n) is 10.8. The summed E-state index contributed by atoms with van der Waals surface area (Å²) in [5, 5.41) is 0. The summed E-state index contributed by atoms with van der Waals surface area (Å²) in [5.74, 6) is -0.389. The first-order chi connectivity index (χ1) is 8.33. The van der Waals surface area contributed by atoms with Crippen molar-refractivity contribution < 1.29 is 22.7 Å². The molecule has 0 heterocycles. The summed E-state index contributed by atoms with van der Waals surface area (Å²) in [6, 6.07) is 0. The molecule has 18 heavy (non-hydrogen) atoms. The third kappa shape index (κ3) is 11.5. The molecule has 5 heteroatoms. The monoisotopic (exact) mass is 266 g/mol. The van der Waals surface area contributed by atoms with E-state index >= 15 is 0 Å². The third-order valence-corrected chi connectivity index (χ3v) is 2.44. The van der Waals surface area contributed by atoms with Gasteiger partial charge < -0.3 is 4.74 Å². The molecular weight excluding hydrogens is 245 g/mol. The zero-order valence-corrected chi connectivity index (χ0v) is 10.8. The van der Waals surface area contributed by atoms with Crippen LogP contribution in [-0.2, 0) is 9.53 Å². The molecule has 0 saturated heterocycles. The van der Waals surface area contributed by atoms with Gasteiger partial charge in [0, 0.05) is 12.0 Å². The lowest BCUT2D eigenvalue weighted by molar-refractivity contribution is -0.139. The Morgan fingerprint density at radius 1 is 1.06 bits per heavy atom. The van der Waals surface area contributed by atoms with Crippen LogP contribution in [0, 0.1) is 0 Å². The second kappa shape index (κ2) is 9.00. The number of carbonyl (C=O) groups excluding carboxylic acids is 1. The summed E-state index contributed by atoms with van der Waals surface area (Å²) in [5.41, 5.74) is 0.377. The van der Waals surface area contributed by atoms with Gasteiger partial charge in [-0.15, -0.1) is 0 Å². The predicted octanol–water partition coefficient (Wildman–Crippen LogP) is 4.40. The van der Waals surface area contributed by atoms with E-state index < -0.39 is 12.6 Å². The van der Waals surface area contributed by atoms with E-state index in [1.54, 1.807) is 6.92 Å². The van der Waals surface area contributed by atoms with Crippen molar-refractivity contribution in [2.75, 3.05) is 6.61 Å². The van der Waals surface area contributed by atoms with E-state index in [0.717, 1.165) is 25.7 Å². The molecule has 106 valence electrons. The van der Waals surface area contributed by atoms with Gasteiger partial charge in [-0.25, -0.2) is 4.79 Å². The molecule has 0 radical (unpaired) electrons. The maximum absolute atomic E-state index is 11.8. The molecule has 0 aromatic heterocycles. The van der Waals surface area contributed by atoms with Crippen molar-refractivity contribution in [3.8, 4) is 0 Å². The molecule has 0 unspecified atom stereocenters. The van der Waals surface area contributed by atoms with Gasteiger partial charge in [-0.3, -0.25) is 0 Å². The van der Waals surface area contributed by atoms with Crippen molar-refractivity contribution in [3.05, 3.63) is 12.2 Å². The van der Waals surface area contributed by atoms with Gasteiger partial charge >= 0.3 is 12.1 Å². The first kappa shape index (κ1) is 17.0. The van der Waals surface area contributed by atoms with Crippen molar-refractivity contribution in [2.24, 2.45) is 0 Å². The fourth-order valence-corrected chi connectivity index (χ4v) is 1.42. The van der Waals surface area contributed by atoms with E-state index in [1.807, 2.05) is 0 Å². The minimum Gasteiger partial charge on any atom is -0.462 e. The van der Waals surface area contributed by atoms with Crippen molar-refractivity contribution >= 4 is 5.97 Å². The molecule has 0 rings (SSSR count). The zero-order chi connectivity index (χ0) is 14.0. The number of carbonyl (C=O) groups is 1. The quantitative estimate of drug-likeness (QED) is 0.351. The fraction of sp³-hybridized carbons (Fsp3) is 0.769. The molecule has 0 fully saturated rings. The highest BCUT2D eigenvalue weighted by atomic mass is 19.4. The number of halogens is 3. The Balaban J connectivity index is 3.22. The van der Waals surface area contributed by atoms with Gasteiger partial charge in [-0.2, -0.15) is 13.2 Å². The van der Waals surface area contributed by atoms with Crippen molar-refractivity contribution in [1.82, 2.24) is 0 Å². The van der Waals surface area contributed by atoms with Gasteiger partial charge in [0.05, 0.1) is 6.61 Å². The molecule has 0 aromatic carbocycles. The number of alkyl halides is 3. The molecule has 0 saturated carbocycles. The Morgan fingerprint density at radius 2 is 1.56 bits per heavy atom. The molecule has 0 atom stereocenters. The van der Waals surface area contributed by atoms with Crippen LogP contribution in [0.4, 0.5) is 13.2 Å². The first-order valence-corrected chi connectivity index (χ1v) is 6.22. The van der Waals surface area contributed by atoms with Crippen LogP contribution < -0.4 is 0 Å². The van der Waals surface area contributed by atoms with Gasteiger partial charge in [0.2, 0.25) is 0 Å². The normalized spacial score (nSPS) is 11.3. The number of rotatable bonds is 9. The van der Waals surface area contributed by atoms with E-state index in [-0.39, 0.29) is 12.4 Å². The van der Waals surface area contributed by atoms with Crippen LogP contribution in [0.3, 0.4) is 0 Å². The molecule has 2 nitrogen and oxygen atoms in total. The van der Waals surface area contributed by atoms with Crippen LogP contribution in [0.2, 0.25) is 0 Å². The fourth-order valence-electron chi connectivity index (χ4n) is 1.42. The predicted molar refractivity (Wildman–Crippen MR) is 64.1 cm³/mol. The van der Waals surface area contributed by atoms with Crippen molar-refractivity contribution in [2.45, 2.75) is 58.0 Å². The molecule has 0 bridgehead atoms. The standard InChI is InChI=1S/C13H21F3O2/c1-11(2)12(17)18-10-8-6-4-3-5-7-9-13(14,15)16/h1,3-10H2,2H3. The van der Waals surface area contributed by atoms with Gasteiger partial charge in [0.1, 0.15) is 0 Å². The van der Waals surface area contributed by atoms with E-state index in [1.165, 1.54) is 0 Å². The molecule has 0 spiro atoms. The summed E-state index contributed by atoms with van der Waals surface area (Å²) >= 11 is 0. The molecule has 0 aliphatic carbocycles. The van der Waals surface area contributed by atoms with Gasteiger partial charge in [0.15, 0.2) is 0 Å². The summed E-state index contributed by atoms with van der Waals surface area (Å²) in [7, 11) is 0. The Kier molecular flexibility index (Phi) is 8.50. The number of unbranched alkanes of at least 4 members (excludes halogenated alkanes) is 5. The lowest BCUT2D eigenvalue weighted by atomic mass is 10.1. The largest absolute Gasteiger partial charge is 0.462 e. The van der Waals surface area contributed by atoms with Gasteiger partial charge in [-0.1, -0.05) is 32.3 Å². The number of hydrogen-bond acceptors (Lipinski definition) is 2. The second-order valence-corrected chi connectivity index (χ2v) is 4.40.